The molecule has 1 N–H and O–H groups in total. The summed E-state index contributed by atoms with van der Waals surface area (Å²) >= 11 is 0. The van der Waals surface area contributed by atoms with Crippen molar-refractivity contribution in [2.75, 3.05) is 13.2 Å². The van der Waals surface area contributed by atoms with Crippen LogP contribution in [0.25, 0.3) is 0 Å². The van der Waals surface area contributed by atoms with Gasteiger partial charge in [0, 0.05) is 0 Å². The molecular weight excluding hydrogens is 330 g/mol. The number of ether oxygens (including phenoxy) is 2. The molecule has 0 saturated carbocycles. The van der Waals surface area contributed by atoms with Crippen molar-refractivity contribution in [1.29, 1.82) is 5.26 Å². The van der Waals surface area contributed by atoms with E-state index in [0.29, 0.717) is 17.9 Å². The highest BCUT2D eigenvalue weighted by molar-refractivity contribution is 5.83. The number of hydrogen-bond acceptors (Lipinski definition) is 5. The summed E-state index contributed by atoms with van der Waals surface area (Å²) in [5.41, 5.74) is 3.79. The second-order valence-electron chi connectivity index (χ2n) is 5.49. The highest BCUT2D eigenvalue weighted by atomic mass is 16.5. The molecule has 2 rings (SSSR count). The summed E-state index contributed by atoms with van der Waals surface area (Å²) in [6.07, 6.45) is 3.68. The van der Waals surface area contributed by atoms with E-state index in [1.807, 2.05) is 30.3 Å². The van der Waals surface area contributed by atoms with Crippen LogP contribution < -0.4 is 14.9 Å². The Labute approximate surface area is 153 Å². The van der Waals surface area contributed by atoms with Crippen LogP contribution in [-0.4, -0.2) is 25.3 Å². The van der Waals surface area contributed by atoms with E-state index in [2.05, 4.69) is 17.5 Å². The Hall–Kier alpha value is -3.33. The third kappa shape index (κ3) is 6.65. The lowest BCUT2D eigenvalue weighted by Crippen LogP contribution is -2.24. The van der Waals surface area contributed by atoms with Gasteiger partial charge in [0.15, 0.2) is 6.61 Å². The number of benzene rings is 2. The van der Waals surface area contributed by atoms with Crippen molar-refractivity contribution in [2.45, 2.75) is 19.8 Å². The summed E-state index contributed by atoms with van der Waals surface area (Å²) in [6, 6.07) is 16.0. The van der Waals surface area contributed by atoms with Gasteiger partial charge in [-0.1, -0.05) is 13.3 Å². The lowest BCUT2D eigenvalue weighted by molar-refractivity contribution is -0.123. The Kier molecular flexibility index (Phi) is 7.69. The first-order valence-electron chi connectivity index (χ1n) is 8.39. The maximum absolute atomic E-state index is 11.7. The van der Waals surface area contributed by atoms with Gasteiger partial charge < -0.3 is 9.47 Å². The second-order valence-corrected chi connectivity index (χ2v) is 5.49. The monoisotopic (exact) mass is 351 g/mol. The van der Waals surface area contributed by atoms with E-state index in [1.165, 1.54) is 0 Å². The highest BCUT2D eigenvalue weighted by Crippen LogP contribution is 2.12. The van der Waals surface area contributed by atoms with Gasteiger partial charge in [0.2, 0.25) is 0 Å². The molecule has 2 aromatic carbocycles. The lowest BCUT2D eigenvalue weighted by Gasteiger charge is -2.05. The van der Waals surface area contributed by atoms with Crippen molar-refractivity contribution in [1.82, 2.24) is 5.43 Å². The average Bonchev–Trinajstić information content (AvgIpc) is 2.68. The quantitative estimate of drug-likeness (QED) is 0.427. The number of hydrogen-bond donors (Lipinski definition) is 1. The zero-order valence-electron chi connectivity index (χ0n) is 14.6. The molecule has 0 atom stereocenters. The predicted octanol–water partition coefficient (Wildman–Crippen LogP) is 3.27. The van der Waals surface area contributed by atoms with Gasteiger partial charge in [-0.05, 0) is 60.5 Å². The first-order chi connectivity index (χ1) is 12.7. The maximum atomic E-state index is 11.7. The van der Waals surface area contributed by atoms with E-state index in [4.69, 9.17) is 14.7 Å². The van der Waals surface area contributed by atoms with Crippen molar-refractivity contribution < 1.29 is 14.3 Å². The third-order valence-electron chi connectivity index (χ3n) is 3.40. The molecule has 0 saturated heterocycles. The molecule has 0 fully saturated rings. The van der Waals surface area contributed by atoms with Crippen LogP contribution in [0.1, 0.15) is 30.9 Å². The van der Waals surface area contributed by atoms with Crippen LogP contribution in [0.5, 0.6) is 11.5 Å². The van der Waals surface area contributed by atoms with E-state index in [-0.39, 0.29) is 12.5 Å². The van der Waals surface area contributed by atoms with Crippen LogP contribution in [0.4, 0.5) is 0 Å². The van der Waals surface area contributed by atoms with Gasteiger partial charge in [0.1, 0.15) is 11.5 Å². The molecule has 0 aliphatic heterocycles. The SMILES string of the molecule is CCCCOc1ccc(/C=N\NC(=O)COc2ccc(C#N)cc2)cc1. The Morgan fingerprint density at radius 3 is 2.42 bits per heavy atom. The van der Waals surface area contributed by atoms with E-state index in [0.717, 1.165) is 24.2 Å². The molecule has 0 aliphatic rings. The van der Waals surface area contributed by atoms with Gasteiger partial charge in [0.05, 0.1) is 24.5 Å². The Balaban J connectivity index is 1.73. The Morgan fingerprint density at radius 1 is 1.12 bits per heavy atom. The predicted molar refractivity (Wildman–Crippen MR) is 99.2 cm³/mol. The molecule has 1 amide bonds. The summed E-state index contributed by atoms with van der Waals surface area (Å²) in [5.74, 6) is 0.961. The Bertz CT molecular complexity index is 762. The van der Waals surface area contributed by atoms with E-state index >= 15 is 0 Å². The summed E-state index contributed by atoms with van der Waals surface area (Å²) < 4.78 is 10.9. The number of amides is 1. The average molecular weight is 351 g/mol. The maximum Gasteiger partial charge on any atom is 0.277 e. The fraction of sp³-hybridized carbons (Fsp3) is 0.250. The first kappa shape index (κ1) is 19.0. The molecule has 134 valence electrons. The number of nitrogens with zero attached hydrogens (tertiary/aromatic N) is 2. The van der Waals surface area contributed by atoms with Gasteiger partial charge in [0.25, 0.3) is 5.91 Å². The van der Waals surface area contributed by atoms with Gasteiger partial charge in [-0.2, -0.15) is 10.4 Å². The molecule has 0 aliphatic carbocycles. The van der Waals surface area contributed by atoms with Crippen LogP contribution in [-0.2, 0) is 4.79 Å². The molecule has 0 heterocycles. The highest BCUT2D eigenvalue weighted by Gasteiger charge is 2.01. The molecule has 6 heteroatoms. The molecule has 0 spiro atoms. The number of unbranched alkanes of at least 4 members (excludes halogenated alkanes) is 1. The van der Waals surface area contributed by atoms with Crippen molar-refractivity contribution in [3.05, 3.63) is 59.7 Å². The normalized spacial score (nSPS) is 10.3. The van der Waals surface area contributed by atoms with Gasteiger partial charge in [-0.3, -0.25) is 4.79 Å². The van der Waals surface area contributed by atoms with Crippen LogP contribution >= 0.6 is 0 Å². The first-order valence-corrected chi connectivity index (χ1v) is 8.39. The van der Waals surface area contributed by atoms with E-state index < -0.39 is 0 Å². The summed E-state index contributed by atoms with van der Waals surface area (Å²) in [6.45, 7) is 2.67. The molecule has 0 unspecified atom stereocenters. The number of nitrogens with one attached hydrogen (secondary N) is 1. The van der Waals surface area contributed by atoms with E-state index in [9.17, 15) is 4.79 Å². The van der Waals surface area contributed by atoms with Crippen LogP contribution in [0.15, 0.2) is 53.6 Å². The number of carbonyl (C=O) groups is 1. The number of hydrazone groups is 1. The summed E-state index contributed by atoms with van der Waals surface area (Å²) in [4.78, 5) is 11.7. The standard InChI is InChI=1S/C20H21N3O3/c1-2-3-12-25-18-10-6-17(7-11-18)14-22-23-20(24)15-26-19-8-4-16(13-21)5-9-19/h4-11,14H,2-3,12,15H2,1H3,(H,23,24)/b22-14-. The largest absolute Gasteiger partial charge is 0.494 e. The van der Waals surface area contributed by atoms with Crippen molar-refractivity contribution in [2.24, 2.45) is 5.10 Å². The zero-order chi connectivity index (χ0) is 18.6. The van der Waals surface area contributed by atoms with Crippen LogP contribution in [0.3, 0.4) is 0 Å². The van der Waals surface area contributed by atoms with Gasteiger partial charge in [-0.15, -0.1) is 0 Å². The lowest BCUT2D eigenvalue weighted by atomic mass is 10.2. The molecule has 0 bridgehead atoms. The summed E-state index contributed by atoms with van der Waals surface area (Å²) in [7, 11) is 0. The zero-order valence-corrected chi connectivity index (χ0v) is 14.6. The second kappa shape index (κ2) is 10.5. The third-order valence-corrected chi connectivity index (χ3v) is 3.40. The van der Waals surface area contributed by atoms with Crippen LogP contribution in [0, 0.1) is 11.3 Å². The topological polar surface area (TPSA) is 83.7 Å². The van der Waals surface area contributed by atoms with Crippen molar-refractivity contribution >= 4 is 12.1 Å². The Morgan fingerprint density at radius 2 is 1.77 bits per heavy atom. The molecular formula is C20H21N3O3. The minimum atomic E-state index is -0.370. The fourth-order valence-electron chi connectivity index (χ4n) is 1.97. The van der Waals surface area contributed by atoms with Crippen molar-refractivity contribution in [3.63, 3.8) is 0 Å². The summed E-state index contributed by atoms with van der Waals surface area (Å²) in [5, 5.41) is 12.6. The molecule has 2 aromatic rings. The number of nitriles is 1. The molecule has 0 radical (unpaired) electrons. The van der Waals surface area contributed by atoms with Crippen LogP contribution in [0.2, 0.25) is 0 Å². The number of rotatable bonds is 9. The van der Waals surface area contributed by atoms with E-state index in [1.54, 1.807) is 30.5 Å². The molecule has 0 aromatic heterocycles. The van der Waals surface area contributed by atoms with Gasteiger partial charge in [-0.25, -0.2) is 5.43 Å². The molecule has 6 nitrogen and oxygen atoms in total. The minimum absolute atomic E-state index is 0.159. The van der Waals surface area contributed by atoms with Crippen molar-refractivity contribution in [3.8, 4) is 17.6 Å². The smallest absolute Gasteiger partial charge is 0.277 e. The molecule has 26 heavy (non-hydrogen) atoms. The number of carbonyl (C=O) groups excluding carboxylic acids is 1. The minimum Gasteiger partial charge on any atom is -0.494 e. The fourth-order valence-corrected chi connectivity index (χ4v) is 1.97. The van der Waals surface area contributed by atoms with Gasteiger partial charge >= 0.3 is 0 Å².